The van der Waals surface area contributed by atoms with Gasteiger partial charge in [0.05, 0.1) is 22.6 Å². The van der Waals surface area contributed by atoms with E-state index in [4.69, 9.17) is 11.6 Å². The van der Waals surface area contributed by atoms with E-state index in [0.29, 0.717) is 10.9 Å². The molecule has 2 aliphatic rings. The van der Waals surface area contributed by atoms with Crippen LogP contribution in [-0.2, 0) is 14.6 Å². The fourth-order valence-corrected chi connectivity index (χ4v) is 6.79. The van der Waals surface area contributed by atoms with Crippen molar-refractivity contribution in [3.63, 3.8) is 0 Å². The Bertz CT molecular complexity index is 865. The van der Waals surface area contributed by atoms with Gasteiger partial charge in [-0.15, -0.1) is 0 Å². The number of sulfone groups is 1. The number of amides is 1. The molecule has 9 heteroatoms. The van der Waals surface area contributed by atoms with Crippen molar-refractivity contribution >= 4 is 50.0 Å². The average Bonchev–Trinajstić information content (AvgIpc) is 2.92. The lowest BCUT2D eigenvalue weighted by molar-refractivity contribution is -0.124. The Hall–Kier alpha value is -1.12. The number of anilines is 1. The SMILES string of the molecule is CC(C)(C)C(=O)N=C1S[C@H]2CS(=O)(=O)C[C@@H]2N1c1ccc(Cl)c(F)c1. The molecule has 0 spiro atoms. The van der Waals surface area contributed by atoms with E-state index in [-0.39, 0.29) is 33.7 Å². The van der Waals surface area contributed by atoms with Gasteiger partial charge < -0.3 is 4.90 Å². The molecule has 0 aliphatic carbocycles. The number of hydrogen-bond donors (Lipinski definition) is 0. The van der Waals surface area contributed by atoms with Crippen molar-refractivity contribution in [1.82, 2.24) is 0 Å². The van der Waals surface area contributed by atoms with E-state index >= 15 is 0 Å². The van der Waals surface area contributed by atoms with E-state index in [1.54, 1.807) is 31.7 Å². The molecule has 0 aromatic heterocycles. The highest BCUT2D eigenvalue weighted by molar-refractivity contribution is 8.16. The molecule has 5 nitrogen and oxygen atoms in total. The maximum atomic E-state index is 13.9. The summed E-state index contributed by atoms with van der Waals surface area (Å²) in [5.74, 6) is -0.929. The summed E-state index contributed by atoms with van der Waals surface area (Å²) in [6.07, 6.45) is 0. The second-order valence-electron chi connectivity index (χ2n) is 7.22. The highest BCUT2D eigenvalue weighted by Gasteiger charge is 2.49. The fraction of sp³-hybridized carbons (Fsp3) is 0.500. The third kappa shape index (κ3) is 3.71. The van der Waals surface area contributed by atoms with Crippen molar-refractivity contribution in [2.24, 2.45) is 10.4 Å². The standard InChI is InChI=1S/C16H18ClFN2O3S2/c1-16(2,3)14(21)19-15-20(9-4-5-10(17)11(18)6-9)12-7-25(22,23)8-13(12)24-15/h4-6,12-13H,7-8H2,1-3H3/t12-,13-/m0/s1. The first-order valence-electron chi connectivity index (χ1n) is 7.72. The topological polar surface area (TPSA) is 66.8 Å². The summed E-state index contributed by atoms with van der Waals surface area (Å²) < 4.78 is 37.9. The smallest absolute Gasteiger partial charge is 0.253 e. The minimum absolute atomic E-state index is 0.0181. The highest BCUT2D eigenvalue weighted by atomic mass is 35.5. The number of aliphatic imine (C=N–C) groups is 1. The van der Waals surface area contributed by atoms with Crippen LogP contribution in [0.5, 0.6) is 0 Å². The van der Waals surface area contributed by atoms with Crippen LogP contribution in [0.3, 0.4) is 0 Å². The van der Waals surface area contributed by atoms with Gasteiger partial charge in [0.15, 0.2) is 15.0 Å². The minimum atomic E-state index is -3.17. The quantitative estimate of drug-likeness (QED) is 0.719. The predicted molar refractivity (Wildman–Crippen MR) is 99.6 cm³/mol. The fourth-order valence-electron chi connectivity index (χ4n) is 2.76. The van der Waals surface area contributed by atoms with Gasteiger partial charge in [-0.25, -0.2) is 12.8 Å². The molecule has 2 atom stereocenters. The number of carbonyl (C=O) groups excluding carboxylic acids is 1. The van der Waals surface area contributed by atoms with E-state index in [0.717, 1.165) is 0 Å². The van der Waals surface area contributed by atoms with Gasteiger partial charge in [-0.2, -0.15) is 4.99 Å². The lowest BCUT2D eigenvalue weighted by Crippen LogP contribution is -2.38. The van der Waals surface area contributed by atoms with E-state index in [2.05, 4.69) is 4.99 Å². The Morgan fingerprint density at radius 1 is 1.36 bits per heavy atom. The summed E-state index contributed by atoms with van der Waals surface area (Å²) in [5.41, 5.74) is -0.215. The zero-order valence-corrected chi connectivity index (χ0v) is 16.4. The van der Waals surface area contributed by atoms with Gasteiger partial charge >= 0.3 is 0 Å². The summed E-state index contributed by atoms with van der Waals surface area (Å²) in [7, 11) is -3.17. The summed E-state index contributed by atoms with van der Waals surface area (Å²) in [6.45, 7) is 5.28. The van der Waals surface area contributed by atoms with Gasteiger partial charge in [-0.1, -0.05) is 44.1 Å². The molecule has 0 N–H and O–H groups in total. The van der Waals surface area contributed by atoms with E-state index in [1.165, 1.54) is 23.9 Å². The summed E-state index contributed by atoms with van der Waals surface area (Å²) in [6, 6.07) is 3.89. The molecule has 25 heavy (non-hydrogen) atoms. The Morgan fingerprint density at radius 3 is 2.64 bits per heavy atom. The third-order valence-corrected chi connectivity index (χ3v) is 7.60. The second-order valence-corrected chi connectivity index (χ2v) is 11.0. The summed E-state index contributed by atoms with van der Waals surface area (Å²) >= 11 is 7.01. The van der Waals surface area contributed by atoms with Gasteiger partial charge in [0.2, 0.25) is 0 Å². The molecule has 136 valence electrons. The Morgan fingerprint density at radius 2 is 2.04 bits per heavy atom. The molecule has 0 bridgehead atoms. The third-order valence-electron chi connectivity index (χ3n) is 4.09. The Labute approximate surface area is 155 Å². The number of rotatable bonds is 1. The first-order valence-corrected chi connectivity index (χ1v) is 10.8. The lowest BCUT2D eigenvalue weighted by atomic mass is 9.96. The number of fused-ring (bicyclic) bond motifs is 1. The molecule has 3 rings (SSSR count). The molecule has 2 aliphatic heterocycles. The Kier molecular flexibility index (Phi) is 4.66. The van der Waals surface area contributed by atoms with Gasteiger partial charge in [0.25, 0.3) is 5.91 Å². The van der Waals surface area contributed by atoms with Crippen molar-refractivity contribution in [1.29, 1.82) is 0 Å². The van der Waals surface area contributed by atoms with Crippen molar-refractivity contribution in [2.75, 3.05) is 16.4 Å². The van der Waals surface area contributed by atoms with Crippen LogP contribution in [0.15, 0.2) is 23.2 Å². The highest BCUT2D eigenvalue weighted by Crippen LogP contribution is 2.41. The number of benzene rings is 1. The van der Waals surface area contributed by atoms with Crippen LogP contribution in [0.25, 0.3) is 0 Å². The first kappa shape index (κ1) is 18.7. The first-order chi connectivity index (χ1) is 11.5. The van der Waals surface area contributed by atoms with Crippen LogP contribution in [0.2, 0.25) is 5.02 Å². The molecule has 1 aromatic rings. The molecule has 2 fully saturated rings. The van der Waals surface area contributed by atoms with Crippen LogP contribution in [0.4, 0.5) is 10.1 Å². The maximum Gasteiger partial charge on any atom is 0.253 e. The second kappa shape index (κ2) is 6.25. The molecule has 1 aromatic carbocycles. The molecule has 1 amide bonds. The molecular formula is C16H18ClFN2O3S2. The van der Waals surface area contributed by atoms with E-state index < -0.39 is 21.1 Å². The largest absolute Gasteiger partial charge is 0.315 e. The van der Waals surface area contributed by atoms with E-state index in [1.807, 2.05) is 0 Å². The molecule has 2 saturated heterocycles. The van der Waals surface area contributed by atoms with E-state index in [9.17, 15) is 17.6 Å². The number of thioether (sulfide) groups is 1. The molecule has 2 heterocycles. The van der Waals surface area contributed by atoms with Gasteiger partial charge in [-0.3, -0.25) is 4.79 Å². The van der Waals surface area contributed by atoms with Gasteiger partial charge in [0.1, 0.15) is 5.82 Å². The monoisotopic (exact) mass is 404 g/mol. The predicted octanol–water partition coefficient (Wildman–Crippen LogP) is 3.13. The number of hydrogen-bond acceptors (Lipinski definition) is 4. The zero-order chi connectivity index (χ0) is 18.6. The zero-order valence-electron chi connectivity index (χ0n) is 14.0. The van der Waals surface area contributed by atoms with Crippen molar-refractivity contribution < 1.29 is 17.6 Å². The van der Waals surface area contributed by atoms with Crippen LogP contribution in [0, 0.1) is 11.2 Å². The summed E-state index contributed by atoms with van der Waals surface area (Å²) in [4.78, 5) is 18.2. The molecule has 0 unspecified atom stereocenters. The molecule has 0 radical (unpaired) electrons. The van der Waals surface area contributed by atoms with Crippen LogP contribution in [-0.4, -0.2) is 42.3 Å². The van der Waals surface area contributed by atoms with Crippen molar-refractivity contribution in [3.05, 3.63) is 29.0 Å². The molecular weight excluding hydrogens is 387 g/mol. The lowest BCUT2D eigenvalue weighted by Gasteiger charge is -2.25. The normalized spacial score (nSPS) is 26.9. The van der Waals surface area contributed by atoms with Crippen molar-refractivity contribution in [3.8, 4) is 0 Å². The van der Waals surface area contributed by atoms with Crippen LogP contribution >= 0.6 is 23.4 Å². The van der Waals surface area contributed by atoms with Gasteiger partial charge in [-0.05, 0) is 18.2 Å². The van der Waals surface area contributed by atoms with Gasteiger partial charge in [0, 0.05) is 16.4 Å². The number of nitrogens with zero attached hydrogens (tertiary/aromatic N) is 2. The summed E-state index contributed by atoms with van der Waals surface area (Å²) in [5, 5.41) is 0.164. The van der Waals surface area contributed by atoms with Crippen molar-refractivity contribution in [2.45, 2.75) is 32.1 Å². The van der Waals surface area contributed by atoms with Crippen LogP contribution < -0.4 is 4.90 Å². The Balaban J connectivity index is 2.05. The molecule has 0 saturated carbocycles. The number of amidine groups is 1. The average molecular weight is 405 g/mol. The maximum absolute atomic E-state index is 13.9. The minimum Gasteiger partial charge on any atom is -0.315 e. The van der Waals surface area contributed by atoms with Crippen LogP contribution in [0.1, 0.15) is 20.8 Å². The number of halogens is 2. The number of carbonyl (C=O) groups is 1.